The van der Waals surface area contributed by atoms with E-state index < -0.39 is 6.61 Å². The van der Waals surface area contributed by atoms with Gasteiger partial charge in [-0.2, -0.15) is 8.78 Å². The highest BCUT2D eigenvalue weighted by atomic mass is 32.1. The molecule has 0 saturated heterocycles. The van der Waals surface area contributed by atoms with Gasteiger partial charge < -0.3 is 19.1 Å². The molecule has 164 valence electrons. The predicted octanol–water partition coefficient (Wildman–Crippen LogP) is 5.01. The van der Waals surface area contributed by atoms with Crippen molar-refractivity contribution in [1.29, 1.82) is 0 Å². The van der Waals surface area contributed by atoms with Crippen LogP contribution >= 0.6 is 11.3 Å². The molecular weight excluding hydrogens is 426 g/mol. The summed E-state index contributed by atoms with van der Waals surface area (Å²) in [6.07, 6.45) is 0. The number of hydrogen-bond acceptors (Lipinski definition) is 6. The molecule has 0 bridgehead atoms. The smallest absolute Gasteiger partial charge is 0.387 e. The number of nitrogens with zero attached hydrogens (tertiary/aromatic N) is 2. The lowest BCUT2D eigenvalue weighted by molar-refractivity contribution is -0.0498. The van der Waals surface area contributed by atoms with E-state index in [2.05, 4.69) is 9.72 Å². The zero-order valence-electron chi connectivity index (χ0n) is 17.5. The molecule has 31 heavy (non-hydrogen) atoms. The molecular formula is C22H22F2N2O4S. The number of carbonyl (C=O) groups is 1. The van der Waals surface area contributed by atoms with E-state index in [4.69, 9.17) is 9.47 Å². The fourth-order valence-electron chi connectivity index (χ4n) is 2.98. The van der Waals surface area contributed by atoms with Crippen molar-refractivity contribution < 1.29 is 27.8 Å². The number of ether oxygens (including phenoxy) is 3. The maximum Gasteiger partial charge on any atom is 0.387 e. The standard InChI is InChI=1S/C22H22F2N2O4S/c1-13-19(31-20(25-13)15-7-10-17(28-3)18(11-15)29-4)21(27)26(2)12-14-5-8-16(9-6-14)30-22(23)24/h5-11,22H,12H2,1-4H3. The van der Waals surface area contributed by atoms with Crippen molar-refractivity contribution in [2.75, 3.05) is 21.3 Å². The Kier molecular flexibility index (Phi) is 7.06. The van der Waals surface area contributed by atoms with Crippen LogP contribution in [0.1, 0.15) is 20.9 Å². The summed E-state index contributed by atoms with van der Waals surface area (Å²) in [6, 6.07) is 11.7. The van der Waals surface area contributed by atoms with Gasteiger partial charge in [0, 0.05) is 19.2 Å². The predicted molar refractivity (Wildman–Crippen MR) is 114 cm³/mol. The first-order valence-electron chi connectivity index (χ1n) is 9.31. The molecule has 3 aromatic rings. The highest BCUT2D eigenvalue weighted by Crippen LogP contribution is 2.35. The lowest BCUT2D eigenvalue weighted by Gasteiger charge is -2.17. The molecule has 1 amide bonds. The average Bonchev–Trinajstić information content (AvgIpc) is 3.15. The molecule has 6 nitrogen and oxygen atoms in total. The Balaban J connectivity index is 1.75. The third kappa shape index (κ3) is 5.29. The molecule has 1 aromatic heterocycles. The Labute approximate surface area is 183 Å². The number of amides is 1. The second kappa shape index (κ2) is 9.74. The Morgan fingerprint density at radius 3 is 2.39 bits per heavy atom. The third-order valence-corrected chi connectivity index (χ3v) is 5.73. The van der Waals surface area contributed by atoms with Crippen molar-refractivity contribution >= 4 is 17.2 Å². The minimum atomic E-state index is -2.87. The van der Waals surface area contributed by atoms with Gasteiger partial charge in [-0.15, -0.1) is 11.3 Å². The summed E-state index contributed by atoms with van der Waals surface area (Å²) < 4.78 is 39.5. The molecule has 2 aromatic carbocycles. The van der Waals surface area contributed by atoms with E-state index in [0.717, 1.165) is 11.1 Å². The van der Waals surface area contributed by atoms with E-state index in [1.165, 1.54) is 23.5 Å². The molecule has 0 spiro atoms. The quantitative estimate of drug-likeness (QED) is 0.485. The molecule has 0 radical (unpaired) electrons. The van der Waals surface area contributed by atoms with Gasteiger partial charge in [0.25, 0.3) is 5.91 Å². The SMILES string of the molecule is COc1ccc(-c2nc(C)c(C(=O)N(C)Cc3ccc(OC(F)F)cc3)s2)cc1OC. The van der Waals surface area contributed by atoms with Gasteiger partial charge in [-0.3, -0.25) is 4.79 Å². The summed E-state index contributed by atoms with van der Waals surface area (Å²) in [5.74, 6) is 1.10. The fraction of sp³-hybridized carbons (Fsp3) is 0.273. The fourth-order valence-corrected chi connectivity index (χ4v) is 4.04. The van der Waals surface area contributed by atoms with E-state index in [-0.39, 0.29) is 11.7 Å². The summed E-state index contributed by atoms with van der Waals surface area (Å²) in [5, 5.41) is 0.698. The molecule has 3 rings (SSSR count). The largest absolute Gasteiger partial charge is 0.493 e. The number of rotatable bonds is 8. The molecule has 0 saturated carbocycles. The molecule has 0 atom stereocenters. The number of benzene rings is 2. The van der Waals surface area contributed by atoms with Crippen LogP contribution in [0.2, 0.25) is 0 Å². The summed E-state index contributed by atoms with van der Waals surface area (Å²) in [7, 11) is 4.81. The summed E-state index contributed by atoms with van der Waals surface area (Å²) in [6.45, 7) is -0.765. The Bertz CT molecular complexity index is 1050. The minimum Gasteiger partial charge on any atom is -0.493 e. The molecule has 0 unspecified atom stereocenters. The first-order chi connectivity index (χ1) is 14.8. The van der Waals surface area contributed by atoms with Crippen molar-refractivity contribution in [1.82, 2.24) is 9.88 Å². The molecule has 0 aliphatic carbocycles. The van der Waals surface area contributed by atoms with E-state index in [1.807, 2.05) is 12.1 Å². The monoisotopic (exact) mass is 448 g/mol. The summed E-state index contributed by atoms with van der Waals surface area (Å²) in [5.41, 5.74) is 2.24. The van der Waals surface area contributed by atoms with Crippen LogP contribution in [0.15, 0.2) is 42.5 Å². The molecule has 0 N–H and O–H groups in total. The first kappa shape index (κ1) is 22.5. The number of aryl methyl sites for hydroxylation is 1. The zero-order valence-corrected chi connectivity index (χ0v) is 18.3. The van der Waals surface area contributed by atoms with Crippen LogP contribution in [0.25, 0.3) is 10.6 Å². The van der Waals surface area contributed by atoms with Crippen LogP contribution in [-0.2, 0) is 6.54 Å². The highest BCUT2D eigenvalue weighted by molar-refractivity contribution is 7.17. The van der Waals surface area contributed by atoms with E-state index >= 15 is 0 Å². The third-order valence-electron chi connectivity index (χ3n) is 4.54. The Morgan fingerprint density at radius 2 is 1.77 bits per heavy atom. The lowest BCUT2D eigenvalue weighted by atomic mass is 10.2. The Morgan fingerprint density at radius 1 is 1.10 bits per heavy atom. The minimum absolute atomic E-state index is 0.0746. The normalized spacial score (nSPS) is 10.8. The van der Waals surface area contributed by atoms with Crippen molar-refractivity contribution in [2.45, 2.75) is 20.1 Å². The van der Waals surface area contributed by atoms with Crippen molar-refractivity contribution in [2.24, 2.45) is 0 Å². The van der Waals surface area contributed by atoms with Crippen LogP contribution in [0.4, 0.5) is 8.78 Å². The average molecular weight is 448 g/mol. The Hall–Kier alpha value is -3.20. The van der Waals surface area contributed by atoms with Crippen molar-refractivity contribution in [3.63, 3.8) is 0 Å². The molecule has 1 heterocycles. The van der Waals surface area contributed by atoms with Gasteiger partial charge in [0.05, 0.1) is 19.9 Å². The number of halogens is 2. The van der Waals surface area contributed by atoms with Crippen LogP contribution in [0, 0.1) is 6.92 Å². The van der Waals surface area contributed by atoms with Gasteiger partial charge >= 0.3 is 6.61 Å². The number of alkyl halides is 2. The van der Waals surface area contributed by atoms with Gasteiger partial charge in [-0.05, 0) is 42.8 Å². The zero-order chi connectivity index (χ0) is 22.5. The van der Waals surface area contributed by atoms with Crippen molar-refractivity contribution in [3.05, 3.63) is 58.6 Å². The van der Waals surface area contributed by atoms with Gasteiger partial charge in [0.2, 0.25) is 0 Å². The number of hydrogen-bond donors (Lipinski definition) is 0. The van der Waals surface area contributed by atoms with Gasteiger partial charge in [-0.1, -0.05) is 12.1 Å². The summed E-state index contributed by atoms with van der Waals surface area (Å²) >= 11 is 1.30. The van der Waals surface area contributed by atoms with Gasteiger partial charge in [0.15, 0.2) is 11.5 Å². The van der Waals surface area contributed by atoms with Crippen LogP contribution in [-0.4, -0.2) is 43.7 Å². The summed E-state index contributed by atoms with van der Waals surface area (Å²) in [4.78, 5) is 19.6. The van der Waals surface area contributed by atoms with E-state index in [9.17, 15) is 13.6 Å². The van der Waals surface area contributed by atoms with E-state index in [1.54, 1.807) is 51.3 Å². The highest BCUT2D eigenvalue weighted by Gasteiger charge is 2.20. The second-order valence-electron chi connectivity index (χ2n) is 6.69. The lowest BCUT2D eigenvalue weighted by Crippen LogP contribution is -2.26. The topological polar surface area (TPSA) is 60.9 Å². The molecule has 9 heteroatoms. The van der Waals surface area contributed by atoms with Gasteiger partial charge in [-0.25, -0.2) is 4.98 Å². The van der Waals surface area contributed by atoms with Crippen LogP contribution in [0.3, 0.4) is 0 Å². The molecule has 0 aliphatic heterocycles. The number of methoxy groups -OCH3 is 2. The van der Waals surface area contributed by atoms with Crippen LogP contribution in [0.5, 0.6) is 17.2 Å². The number of thiazole rings is 1. The second-order valence-corrected chi connectivity index (χ2v) is 7.69. The maximum atomic E-state index is 13.0. The number of carbonyl (C=O) groups excluding carboxylic acids is 1. The van der Waals surface area contributed by atoms with Crippen LogP contribution < -0.4 is 14.2 Å². The van der Waals surface area contributed by atoms with Gasteiger partial charge in [0.1, 0.15) is 15.6 Å². The van der Waals surface area contributed by atoms with Crippen molar-refractivity contribution in [3.8, 4) is 27.8 Å². The first-order valence-corrected chi connectivity index (χ1v) is 10.1. The molecule has 0 aliphatic rings. The maximum absolute atomic E-state index is 13.0. The number of aromatic nitrogens is 1. The molecule has 0 fully saturated rings. The van der Waals surface area contributed by atoms with E-state index in [0.29, 0.717) is 33.6 Å².